The standard InChI is InChI=1S/C16H17N3O5/c1-23-12-3-2-10-6-11(9-24-13(10)7-12)16(22)17-14-4-5-19(18-14)8-15(20)21/h2-5,7,11H,6,8-9H2,1H3,(H,20,21)(H,17,18,22). The van der Waals surface area contributed by atoms with Gasteiger partial charge < -0.3 is 19.9 Å². The lowest BCUT2D eigenvalue weighted by Gasteiger charge is -2.24. The SMILES string of the molecule is COc1ccc2c(c1)OCC(C(=O)Nc1ccn(CC(=O)O)n1)C2. The zero-order chi connectivity index (χ0) is 17.1. The minimum atomic E-state index is -0.997. The van der Waals surface area contributed by atoms with Crippen LogP contribution in [-0.4, -0.2) is 40.5 Å². The van der Waals surface area contributed by atoms with Crippen LogP contribution in [0.1, 0.15) is 5.56 Å². The summed E-state index contributed by atoms with van der Waals surface area (Å²) in [6, 6.07) is 7.07. The molecule has 8 nitrogen and oxygen atoms in total. The Hall–Kier alpha value is -3.03. The number of carbonyl (C=O) groups is 2. The third-order valence-electron chi connectivity index (χ3n) is 3.74. The van der Waals surface area contributed by atoms with Crippen LogP contribution in [0.3, 0.4) is 0 Å². The van der Waals surface area contributed by atoms with E-state index < -0.39 is 5.97 Å². The Bertz CT molecular complexity index is 771. The number of benzene rings is 1. The van der Waals surface area contributed by atoms with Gasteiger partial charge in [0, 0.05) is 18.3 Å². The van der Waals surface area contributed by atoms with Crippen molar-refractivity contribution < 1.29 is 24.2 Å². The van der Waals surface area contributed by atoms with E-state index in [9.17, 15) is 9.59 Å². The topological polar surface area (TPSA) is 103 Å². The molecule has 3 rings (SSSR count). The summed E-state index contributed by atoms with van der Waals surface area (Å²) in [5.74, 6) is 0.211. The number of rotatable bonds is 5. The number of aliphatic carboxylic acids is 1. The number of methoxy groups -OCH3 is 1. The summed E-state index contributed by atoms with van der Waals surface area (Å²) in [6.07, 6.45) is 2.06. The molecule has 0 saturated heterocycles. The van der Waals surface area contributed by atoms with Crippen LogP contribution in [0.25, 0.3) is 0 Å². The second-order valence-electron chi connectivity index (χ2n) is 5.47. The average Bonchev–Trinajstić information content (AvgIpc) is 2.99. The molecule has 0 fully saturated rings. The summed E-state index contributed by atoms with van der Waals surface area (Å²) in [7, 11) is 1.59. The van der Waals surface area contributed by atoms with Crippen molar-refractivity contribution in [1.29, 1.82) is 0 Å². The Morgan fingerprint density at radius 2 is 2.29 bits per heavy atom. The molecular formula is C16H17N3O5. The van der Waals surface area contributed by atoms with Crippen molar-refractivity contribution in [2.75, 3.05) is 19.0 Å². The minimum Gasteiger partial charge on any atom is -0.497 e. The first-order valence-corrected chi connectivity index (χ1v) is 7.41. The van der Waals surface area contributed by atoms with Gasteiger partial charge in [-0.2, -0.15) is 5.10 Å². The highest BCUT2D eigenvalue weighted by atomic mass is 16.5. The monoisotopic (exact) mass is 331 g/mol. The Morgan fingerprint density at radius 1 is 1.46 bits per heavy atom. The quantitative estimate of drug-likeness (QED) is 0.852. The van der Waals surface area contributed by atoms with Crippen LogP contribution in [0.5, 0.6) is 11.5 Å². The van der Waals surface area contributed by atoms with E-state index in [1.165, 1.54) is 10.9 Å². The van der Waals surface area contributed by atoms with Gasteiger partial charge in [-0.3, -0.25) is 14.3 Å². The van der Waals surface area contributed by atoms with E-state index in [0.29, 0.717) is 18.0 Å². The minimum absolute atomic E-state index is 0.211. The van der Waals surface area contributed by atoms with Gasteiger partial charge in [0.05, 0.1) is 13.0 Å². The fourth-order valence-electron chi connectivity index (χ4n) is 2.53. The van der Waals surface area contributed by atoms with Gasteiger partial charge in [-0.1, -0.05) is 6.07 Å². The fraction of sp³-hybridized carbons (Fsp3) is 0.312. The van der Waals surface area contributed by atoms with Crippen molar-refractivity contribution in [3.8, 4) is 11.5 Å². The molecule has 1 aliphatic rings. The second kappa shape index (κ2) is 6.61. The molecule has 0 aliphatic carbocycles. The molecule has 2 heterocycles. The summed E-state index contributed by atoms with van der Waals surface area (Å²) in [5.41, 5.74) is 0.943. The van der Waals surface area contributed by atoms with E-state index in [1.807, 2.05) is 12.1 Å². The van der Waals surface area contributed by atoms with Gasteiger partial charge >= 0.3 is 5.97 Å². The Balaban J connectivity index is 1.63. The van der Waals surface area contributed by atoms with E-state index in [1.54, 1.807) is 19.2 Å². The highest BCUT2D eigenvalue weighted by Gasteiger charge is 2.26. The molecule has 1 aliphatic heterocycles. The number of hydrogen-bond donors (Lipinski definition) is 2. The summed E-state index contributed by atoms with van der Waals surface area (Å²) >= 11 is 0. The number of nitrogens with one attached hydrogen (secondary N) is 1. The normalized spacial score (nSPS) is 16.0. The predicted molar refractivity (Wildman–Crippen MR) is 84.2 cm³/mol. The maximum absolute atomic E-state index is 12.4. The number of ether oxygens (including phenoxy) is 2. The van der Waals surface area contributed by atoms with Gasteiger partial charge in [-0.15, -0.1) is 0 Å². The highest BCUT2D eigenvalue weighted by molar-refractivity contribution is 5.92. The molecule has 0 saturated carbocycles. The van der Waals surface area contributed by atoms with E-state index >= 15 is 0 Å². The van der Waals surface area contributed by atoms with Crippen LogP contribution >= 0.6 is 0 Å². The van der Waals surface area contributed by atoms with E-state index in [0.717, 1.165) is 11.3 Å². The van der Waals surface area contributed by atoms with Gasteiger partial charge in [0.1, 0.15) is 24.7 Å². The lowest BCUT2D eigenvalue weighted by molar-refractivity contribution is -0.137. The molecule has 0 radical (unpaired) electrons. The first-order valence-electron chi connectivity index (χ1n) is 7.41. The van der Waals surface area contributed by atoms with Gasteiger partial charge in [-0.05, 0) is 18.1 Å². The van der Waals surface area contributed by atoms with Crippen molar-refractivity contribution >= 4 is 17.7 Å². The van der Waals surface area contributed by atoms with Crippen molar-refractivity contribution in [2.45, 2.75) is 13.0 Å². The molecular weight excluding hydrogens is 314 g/mol. The third kappa shape index (κ3) is 3.48. The van der Waals surface area contributed by atoms with Crippen LogP contribution in [0, 0.1) is 5.92 Å². The second-order valence-corrected chi connectivity index (χ2v) is 5.47. The van der Waals surface area contributed by atoms with Crippen LogP contribution in [0.15, 0.2) is 30.5 Å². The molecule has 2 aromatic rings. The molecule has 0 spiro atoms. The van der Waals surface area contributed by atoms with Crippen molar-refractivity contribution in [2.24, 2.45) is 5.92 Å². The number of anilines is 1. The maximum Gasteiger partial charge on any atom is 0.325 e. The number of amides is 1. The van der Waals surface area contributed by atoms with Gasteiger partial charge in [-0.25, -0.2) is 0 Å². The number of fused-ring (bicyclic) bond motifs is 1. The van der Waals surface area contributed by atoms with Crippen molar-refractivity contribution in [1.82, 2.24) is 9.78 Å². The van der Waals surface area contributed by atoms with Crippen LogP contribution in [-0.2, 0) is 22.6 Å². The molecule has 1 aromatic heterocycles. The Morgan fingerprint density at radius 3 is 3.04 bits per heavy atom. The lowest BCUT2D eigenvalue weighted by Crippen LogP contribution is -2.32. The molecule has 24 heavy (non-hydrogen) atoms. The van der Waals surface area contributed by atoms with Crippen LogP contribution in [0.2, 0.25) is 0 Å². The Labute approximate surface area is 138 Å². The lowest BCUT2D eigenvalue weighted by atomic mass is 9.96. The first-order chi connectivity index (χ1) is 11.5. The maximum atomic E-state index is 12.4. The number of nitrogens with zero attached hydrogens (tertiary/aromatic N) is 2. The fourth-order valence-corrected chi connectivity index (χ4v) is 2.53. The molecule has 0 bridgehead atoms. The van der Waals surface area contributed by atoms with E-state index in [2.05, 4.69) is 10.4 Å². The number of hydrogen-bond acceptors (Lipinski definition) is 5. The summed E-state index contributed by atoms with van der Waals surface area (Å²) in [6.45, 7) is 0.0133. The number of carboxylic acids is 1. The van der Waals surface area contributed by atoms with E-state index in [4.69, 9.17) is 14.6 Å². The highest BCUT2D eigenvalue weighted by Crippen LogP contribution is 2.31. The molecule has 1 amide bonds. The van der Waals surface area contributed by atoms with Crippen LogP contribution in [0.4, 0.5) is 5.82 Å². The van der Waals surface area contributed by atoms with Gasteiger partial charge in [0.25, 0.3) is 0 Å². The first kappa shape index (κ1) is 15.9. The van der Waals surface area contributed by atoms with Crippen LogP contribution < -0.4 is 14.8 Å². The zero-order valence-corrected chi connectivity index (χ0v) is 13.1. The molecule has 1 unspecified atom stereocenters. The van der Waals surface area contributed by atoms with E-state index in [-0.39, 0.29) is 25.0 Å². The average molecular weight is 331 g/mol. The summed E-state index contributed by atoms with van der Waals surface area (Å²) in [5, 5.41) is 15.4. The molecule has 8 heteroatoms. The summed E-state index contributed by atoms with van der Waals surface area (Å²) in [4.78, 5) is 23.0. The Kier molecular flexibility index (Phi) is 4.37. The van der Waals surface area contributed by atoms with Gasteiger partial charge in [0.2, 0.25) is 5.91 Å². The van der Waals surface area contributed by atoms with Crippen molar-refractivity contribution in [3.05, 3.63) is 36.0 Å². The number of carboxylic acid groups (broad SMARTS) is 1. The predicted octanol–water partition coefficient (Wildman–Crippen LogP) is 1.17. The molecule has 2 N–H and O–H groups in total. The van der Waals surface area contributed by atoms with Crippen molar-refractivity contribution in [3.63, 3.8) is 0 Å². The number of aromatic nitrogens is 2. The largest absolute Gasteiger partial charge is 0.497 e. The molecule has 126 valence electrons. The van der Waals surface area contributed by atoms with Gasteiger partial charge in [0.15, 0.2) is 5.82 Å². The zero-order valence-electron chi connectivity index (χ0n) is 13.1. The summed E-state index contributed by atoms with van der Waals surface area (Å²) < 4.78 is 12.0. The third-order valence-corrected chi connectivity index (χ3v) is 3.74. The molecule has 1 aromatic carbocycles. The number of carbonyl (C=O) groups excluding carboxylic acids is 1. The smallest absolute Gasteiger partial charge is 0.325 e. The molecule has 1 atom stereocenters.